The number of fused-ring (bicyclic) bond motifs is 6. The van der Waals surface area contributed by atoms with Crippen molar-refractivity contribution < 1.29 is 13.2 Å². The summed E-state index contributed by atoms with van der Waals surface area (Å²) in [6.45, 7) is 0.598. The van der Waals surface area contributed by atoms with Crippen LogP contribution in [0.5, 0.6) is 0 Å². The molecule has 9 heteroatoms. The summed E-state index contributed by atoms with van der Waals surface area (Å²) in [5, 5.41) is 1.20. The van der Waals surface area contributed by atoms with Gasteiger partial charge in [-0.05, 0) is 83.1 Å². The van der Waals surface area contributed by atoms with Crippen molar-refractivity contribution in [3.63, 3.8) is 0 Å². The first-order valence-corrected chi connectivity index (χ1v) is 13.5. The minimum atomic E-state index is -3.76. The molecule has 2 N–H and O–H groups in total. The number of carbonyl (C=O) groups is 1. The Morgan fingerprint density at radius 1 is 1.06 bits per heavy atom. The Bertz CT molecular complexity index is 1560. The second-order valence-corrected chi connectivity index (χ2v) is 11.5. The summed E-state index contributed by atoms with van der Waals surface area (Å²) in [6, 6.07) is 20.0. The first-order chi connectivity index (χ1) is 16.3. The normalized spacial score (nSPS) is 17.4. The Kier molecular flexibility index (Phi) is 4.89. The van der Waals surface area contributed by atoms with Gasteiger partial charge in [-0.2, -0.15) is 0 Å². The molecule has 34 heavy (non-hydrogen) atoms. The van der Waals surface area contributed by atoms with E-state index in [0.717, 1.165) is 26.9 Å². The highest BCUT2D eigenvalue weighted by Crippen LogP contribution is 2.43. The lowest BCUT2D eigenvalue weighted by Gasteiger charge is -2.46. The molecular formula is C25H21IN4O3S. The predicted molar refractivity (Wildman–Crippen MR) is 141 cm³/mol. The fourth-order valence-corrected chi connectivity index (χ4v) is 6.44. The van der Waals surface area contributed by atoms with Gasteiger partial charge in [0, 0.05) is 33.8 Å². The van der Waals surface area contributed by atoms with E-state index in [1.165, 1.54) is 10.9 Å². The fourth-order valence-electron chi connectivity index (χ4n) is 5.03. The quantitative estimate of drug-likeness (QED) is 0.342. The van der Waals surface area contributed by atoms with Crippen LogP contribution in [0.4, 0.5) is 11.4 Å². The Hall–Kier alpha value is -3.05. The van der Waals surface area contributed by atoms with E-state index in [4.69, 9.17) is 0 Å². The monoisotopic (exact) mass is 584 g/mol. The molecule has 1 aromatic heterocycles. The van der Waals surface area contributed by atoms with Crippen LogP contribution in [0, 0.1) is 3.57 Å². The number of sulfonamides is 1. The molecule has 0 saturated carbocycles. The summed E-state index contributed by atoms with van der Waals surface area (Å²) in [5.41, 5.74) is 4.98. The van der Waals surface area contributed by atoms with E-state index in [1.54, 1.807) is 36.4 Å². The third-order valence-electron chi connectivity index (χ3n) is 6.61. The van der Waals surface area contributed by atoms with Gasteiger partial charge in [-0.25, -0.2) is 8.42 Å². The second-order valence-electron chi connectivity index (χ2n) is 8.59. The minimum Gasteiger partial charge on any atom is -0.355 e. The van der Waals surface area contributed by atoms with Gasteiger partial charge in [0.2, 0.25) is 0 Å². The van der Waals surface area contributed by atoms with Gasteiger partial charge in [-0.1, -0.05) is 18.2 Å². The third kappa shape index (κ3) is 3.29. The van der Waals surface area contributed by atoms with Gasteiger partial charge in [-0.15, -0.1) is 0 Å². The largest absolute Gasteiger partial charge is 0.355 e. The van der Waals surface area contributed by atoms with Crippen LogP contribution in [0.25, 0.3) is 10.9 Å². The molecule has 2 aliphatic rings. The van der Waals surface area contributed by atoms with Crippen molar-refractivity contribution in [3.8, 4) is 0 Å². The zero-order chi connectivity index (χ0) is 23.6. The van der Waals surface area contributed by atoms with Crippen LogP contribution in [0.1, 0.15) is 27.8 Å². The number of H-pyrrole nitrogens is 1. The summed E-state index contributed by atoms with van der Waals surface area (Å²) in [4.78, 5) is 21.2. The summed E-state index contributed by atoms with van der Waals surface area (Å²) in [5.74, 6) is -0.0993. The summed E-state index contributed by atoms with van der Waals surface area (Å²) < 4.78 is 29.3. The SMILES string of the molecule is CN1c2ccc(NS(=O)(=O)c3ccc(I)cc3)cc2C(=O)N2CCc3c([nH]c4ccccc34)C21. The Morgan fingerprint density at radius 3 is 2.62 bits per heavy atom. The summed E-state index contributed by atoms with van der Waals surface area (Å²) in [7, 11) is -1.79. The van der Waals surface area contributed by atoms with Crippen molar-refractivity contribution in [2.24, 2.45) is 0 Å². The number of rotatable bonds is 3. The molecule has 0 aliphatic carbocycles. The van der Waals surface area contributed by atoms with E-state index in [0.29, 0.717) is 17.8 Å². The summed E-state index contributed by atoms with van der Waals surface area (Å²) >= 11 is 2.13. The lowest BCUT2D eigenvalue weighted by molar-refractivity contribution is 0.0634. The van der Waals surface area contributed by atoms with Crippen LogP contribution in [0.2, 0.25) is 0 Å². The van der Waals surface area contributed by atoms with Crippen LogP contribution in [-0.4, -0.2) is 37.8 Å². The number of halogens is 1. The van der Waals surface area contributed by atoms with Gasteiger partial charge in [0.1, 0.15) is 6.17 Å². The number of hydrogen-bond donors (Lipinski definition) is 2. The molecule has 1 atom stereocenters. The molecule has 1 unspecified atom stereocenters. The van der Waals surface area contributed by atoms with Crippen molar-refractivity contribution in [2.45, 2.75) is 17.5 Å². The number of amides is 1. The highest BCUT2D eigenvalue weighted by molar-refractivity contribution is 14.1. The molecule has 2 aliphatic heterocycles. The van der Waals surface area contributed by atoms with Crippen molar-refractivity contribution in [3.05, 3.63) is 87.1 Å². The molecular weight excluding hydrogens is 563 g/mol. The number of benzene rings is 3. The van der Waals surface area contributed by atoms with Crippen LogP contribution < -0.4 is 9.62 Å². The molecule has 7 nitrogen and oxygen atoms in total. The molecule has 4 aromatic rings. The number of aromatic amines is 1. The Labute approximate surface area is 211 Å². The first kappa shape index (κ1) is 21.5. The van der Waals surface area contributed by atoms with Gasteiger partial charge in [0.15, 0.2) is 0 Å². The van der Waals surface area contributed by atoms with Crippen LogP contribution in [-0.2, 0) is 16.4 Å². The highest BCUT2D eigenvalue weighted by Gasteiger charge is 2.41. The predicted octanol–water partition coefficient (Wildman–Crippen LogP) is 4.72. The van der Waals surface area contributed by atoms with Gasteiger partial charge in [0.25, 0.3) is 15.9 Å². The van der Waals surface area contributed by atoms with Crippen molar-refractivity contribution in [1.82, 2.24) is 9.88 Å². The van der Waals surface area contributed by atoms with E-state index in [9.17, 15) is 13.2 Å². The average molecular weight is 584 g/mol. The van der Waals surface area contributed by atoms with Gasteiger partial charge < -0.3 is 14.8 Å². The lowest BCUT2D eigenvalue weighted by atomic mass is 9.96. The summed E-state index contributed by atoms with van der Waals surface area (Å²) in [6.07, 6.45) is 0.537. The molecule has 172 valence electrons. The number of anilines is 2. The zero-order valence-electron chi connectivity index (χ0n) is 18.2. The first-order valence-electron chi connectivity index (χ1n) is 10.9. The van der Waals surface area contributed by atoms with Crippen LogP contribution in [0.3, 0.4) is 0 Å². The highest BCUT2D eigenvalue weighted by atomic mass is 127. The van der Waals surface area contributed by atoms with E-state index < -0.39 is 10.0 Å². The van der Waals surface area contributed by atoms with Crippen molar-refractivity contribution in [2.75, 3.05) is 23.2 Å². The minimum absolute atomic E-state index is 0.0993. The number of nitrogens with one attached hydrogen (secondary N) is 2. The van der Waals surface area contributed by atoms with Gasteiger partial charge in [0.05, 0.1) is 21.8 Å². The number of nitrogens with zero attached hydrogens (tertiary/aromatic N) is 2. The molecule has 0 spiro atoms. The molecule has 1 amide bonds. The average Bonchev–Trinajstić information content (AvgIpc) is 3.21. The molecule has 3 heterocycles. The van der Waals surface area contributed by atoms with E-state index in [2.05, 4.69) is 49.3 Å². The van der Waals surface area contributed by atoms with Gasteiger partial charge >= 0.3 is 0 Å². The smallest absolute Gasteiger partial charge is 0.261 e. The maximum absolute atomic E-state index is 13.6. The standard InChI is InChI=1S/C25H21IN4O3S/c1-29-22-11-8-16(28-34(32,33)17-9-6-15(26)7-10-17)14-20(22)25(31)30-13-12-19-18-4-2-3-5-21(18)27-23(19)24(29)30/h2-11,14,24,27-28H,12-13H2,1H3. The number of para-hydroxylation sites is 1. The van der Waals surface area contributed by atoms with E-state index in [1.807, 2.05) is 30.1 Å². The topological polar surface area (TPSA) is 85.5 Å². The third-order valence-corrected chi connectivity index (χ3v) is 8.73. The van der Waals surface area contributed by atoms with Crippen molar-refractivity contribution >= 4 is 60.8 Å². The second kappa shape index (κ2) is 7.74. The zero-order valence-corrected chi connectivity index (χ0v) is 21.2. The molecule has 6 rings (SSSR count). The Balaban J connectivity index is 1.37. The van der Waals surface area contributed by atoms with Crippen LogP contribution >= 0.6 is 22.6 Å². The lowest BCUT2D eigenvalue weighted by Crippen LogP contribution is -2.51. The maximum Gasteiger partial charge on any atom is 0.261 e. The number of hydrogen-bond acceptors (Lipinski definition) is 4. The van der Waals surface area contributed by atoms with Crippen LogP contribution in [0.15, 0.2) is 71.6 Å². The molecule has 0 fully saturated rings. The number of carbonyl (C=O) groups excluding carboxylic acids is 1. The number of aromatic nitrogens is 1. The molecule has 0 saturated heterocycles. The maximum atomic E-state index is 13.6. The molecule has 0 bridgehead atoms. The molecule has 3 aromatic carbocycles. The van der Waals surface area contributed by atoms with Gasteiger partial charge in [-0.3, -0.25) is 9.52 Å². The molecule has 0 radical (unpaired) electrons. The fraction of sp³-hybridized carbons (Fsp3) is 0.160. The van der Waals surface area contributed by atoms with E-state index >= 15 is 0 Å². The van der Waals surface area contributed by atoms with E-state index in [-0.39, 0.29) is 17.0 Å². The Morgan fingerprint density at radius 2 is 1.82 bits per heavy atom. The van der Waals surface area contributed by atoms with Crippen molar-refractivity contribution in [1.29, 1.82) is 0 Å².